The summed E-state index contributed by atoms with van der Waals surface area (Å²) in [5.74, 6) is -2.00. The molecule has 1 unspecified atom stereocenters. The van der Waals surface area contributed by atoms with E-state index in [-0.39, 0.29) is 19.4 Å². The van der Waals surface area contributed by atoms with E-state index >= 15 is 0 Å². The Balaban J connectivity index is 1.42. The number of nitrogens with zero attached hydrogens (tertiary/aromatic N) is 2. The number of amides is 4. The second kappa shape index (κ2) is 12.4. The molecule has 0 aromatic heterocycles. The van der Waals surface area contributed by atoms with Gasteiger partial charge in [0.25, 0.3) is 5.91 Å². The van der Waals surface area contributed by atoms with Crippen molar-refractivity contribution in [3.8, 4) is 0 Å². The summed E-state index contributed by atoms with van der Waals surface area (Å²) in [5, 5.41) is 6.90. The molecule has 1 aliphatic heterocycles. The summed E-state index contributed by atoms with van der Waals surface area (Å²) in [6, 6.07) is 20.1. The van der Waals surface area contributed by atoms with Gasteiger partial charge in [-0.15, -0.1) is 0 Å². The predicted octanol–water partition coefficient (Wildman–Crippen LogP) is 2.48. The number of imide groups is 1. The maximum atomic E-state index is 12.6. The first-order valence-electron chi connectivity index (χ1n) is 12.2. The Hall–Kier alpha value is -3.90. The van der Waals surface area contributed by atoms with Crippen molar-refractivity contribution in [3.63, 3.8) is 0 Å². The van der Waals surface area contributed by atoms with Crippen molar-refractivity contribution in [1.82, 2.24) is 15.8 Å². The molecule has 0 spiro atoms. The lowest BCUT2D eigenvalue weighted by atomic mass is 10.1. The highest BCUT2D eigenvalue weighted by atomic mass is 31.1. The number of hydrogen-bond acceptors (Lipinski definition) is 5. The molecule has 8 nitrogen and oxygen atoms in total. The maximum absolute atomic E-state index is 12.6. The van der Waals surface area contributed by atoms with Gasteiger partial charge in [0.1, 0.15) is 6.04 Å². The average molecular weight is 517 g/mol. The Morgan fingerprint density at radius 1 is 0.946 bits per heavy atom. The monoisotopic (exact) mass is 516 g/mol. The van der Waals surface area contributed by atoms with Crippen LogP contribution >= 0.6 is 7.92 Å². The van der Waals surface area contributed by atoms with Crippen LogP contribution in [0.15, 0.2) is 88.7 Å². The number of benzene rings is 2. The van der Waals surface area contributed by atoms with Gasteiger partial charge in [0.15, 0.2) is 0 Å². The molecule has 0 radical (unpaired) electrons. The number of carbonyl (C=O) groups excluding carboxylic acids is 4. The van der Waals surface area contributed by atoms with Crippen LogP contribution < -0.4 is 21.4 Å². The van der Waals surface area contributed by atoms with Crippen LogP contribution in [0.25, 0.3) is 0 Å². The van der Waals surface area contributed by atoms with Crippen LogP contribution in [-0.4, -0.2) is 47.4 Å². The highest BCUT2D eigenvalue weighted by molar-refractivity contribution is 7.77. The zero-order valence-corrected chi connectivity index (χ0v) is 21.5. The molecule has 2 aromatic rings. The van der Waals surface area contributed by atoms with Crippen molar-refractivity contribution in [2.75, 3.05) is 6.54 Å². The zero-order chi connectivity index (χ0) is 26.2. The number of rotatable bonds is 9. The van der Waals surface area contributed by atoms with Crippen LogP contribution in [0.5, 0.6) is 0 Å². The lowest BCUT2D eigenvalue weighted by molar-refractivity contribution is -0.147. The Bertz CT molecular complexity index is 1200. The Kier molecular flexibility index (Phi) is 8.75. The van der Waals surface area contributed by atoms with Gasteiger partial charge in [-0.25, -0.2) is 0 Å². The number of nitrogens with one attached hydrogen (secondary N) is 2. The minimum Gasteiger partial charge on any atom is -0.345 e. The summed E-state index contributed by atoms with van der Waals surface area (Å²) in [6.45, 7) is 1.29. The second-order valence-electron chi connectivity index (χ2n) is 8.66. The molecular weight excluding hydrogens is 487 g/mol. The molecule has 4 amide bonds. The number of carbonyl (C=O) groups is 4. The van der Waals surface area contributed by atoms with Gasteiger partial charge in [-0.05, 0) is 49.2 Å². The minimum atomic E-state index is -0.796. The van der Waals surface area contributed by atoms with E-state index in [2.05, 4.69) is 52.2 Å². The summed E-state index contributed by atoms with van der Waals surface area (Å²) in [5.41, 5.74) is 3.23. The molecular formula is C28H29N4O4P. The van der Waals surface area contributed by atoms with Gasteiger partial charge in [-0.2, -0.15) is 5.01 Å². The van der Waals surface area contributed by atoms with Crippen molar-refractivity contribution in [2.24, 2.45) is 4.99 Å². The fourth-order valence-electron chi connectivity index (χ4n) is 4.04. The fraction of sp³-hybridized carbons (Fsp3) is 0.250. The van der Waals surface area contributed by atoms with E-state index in [1.165, 1.54) is 15.9 Å². The van der Waals surface area contributed by atoms with E-state index < -0.39 is 37.6 Å². The summed E-state index contributed by atoms with van der Waals surface area (Å²) in [4.78, 5) is 52.4. The molecule has 1 saturated heterocycles. The zero-order valence-electron chi connectivity index (χ0n) is 20.6. The van der Waals surface area contributed by atoms with Crippen molar-refractivity contribution in [1.29, 1.82) is 0 Å². The molecule has 0 saturated carbocycles. The smallest absolute Gasteiger partial charge is 0.258 e. The van der Waals surface area contributed by atoms with E-state index in [1.54, 1.807) is 13.1 Å². The number of hydrogen-bond donors (Lipinski definition) is 2. The second-order valence-corrected chi connectivity index (χ2v) is 10.8. The molecule has 9 heteroatoms. The number of allylic oxidation sites excluding steroid dienone is 4. The summed E-state index contributed by atoms with van der Waals surface area (Å²) in [7, 11) is -0.796. The van der Waals surface area contributed by atoms with Gasteiger partial charge in [0.05, 0.1) is 6.54 Å². The SMILES string of the molecule is CC(/N=C/C1=CCCC=C1P(c1ccccc1)c1ccccc1)C(=O)NCC(=O)NN1C(=O)CCC1=O. The van der Waals surface area contributed by atoms with E-state index in [0.29, 0.717) is 5.01 Å². The van der Waals surface area contributed by atoms with Crippen molar-refractivity contribution in [2.45, 2.75) is 38.6 Å². The van der Waals surface area contributed by atoms with E-state index in [4.69, 9.17) is 0 Å². The molecule has 2 N–H and O–H groups in total. The third kappa shape index (κ3) is 6.66. The first kappa shape index (κ1) is 26.2. The van der Waals surface area contributed by atoms with Gasteiger partial charge < -0.3 is 5.32 Å². The van der Waals surface area contributed by atoms with Crippen LogP contribution in [0.2, 0.25) is 0 Å². The standard InChI is InChI=1S/C28H29N4O4P/c1-20(28(36)30-19-25(33)31-32-26(34)16-17-27(32)35)29-18-21-10-8-9-15-24(21)37(22-11-4-2-5-12-22)23-13-6-3-7-14-23/h2-7,10-15,18,20H,8-9,16-17,19H2,1H3,(H,30,36)(H,31,33)/b29-18+. The molecule has 2 aliphatic rings. The van der Waals surface area contributed by atoms with E-state index in [0.717, 1.165) is 18.4 Å². The largest absolute Gasteiger partial charge is 0.345 e. The lowest BCUT2D eigenvalue weighted by Crippen LogP contribution is -2.49. The first-order valence-corrected chi connectivity index (χ1v) is 13.6. The minimum absolute atomic E-state index is 0.0697. The third-order valence-electron chi connectivity index (χ3n) is 5.96. The molecule has 1 fully saturated rings. The maximum Gasteiger partial charge on any atom is 0.258 e. The average Bonchev–Trinajstić information content (AvgIpc) is 3.24. The topological polar surface area (TPSA) is 108 Å². The van der Waals surface area contributed by atoms with Crippen LogP contribution in [0, 0.1) is 0 Å². The van der Waals surface area contributed by atoms with Crippen molar-refractivity contribution < 1.29 is 19.2 Å². The molecule has 190 valence electrons. The lowest BCUT2D eigenvalue weighted by Gasteiger charge is -2.25. The van der Waals surface area contributed by atoms with Crippen LogP contribution in [-0.2, 0) is 19.2 Å². The van der Waals surface area contributed by atoms with Crippen LogP contribution in [0.4, 0.5) is 0 Å². The Labute approximate surface area is 217 Å². The fourth-order valence-corrected chi connectivity index (χ4v) is 6.56. The first-order chi connectivity index (χ1) is 17.9. The van der Waals surface area contributed by atoms with Crippen LogP contribution in [0.1, 0.15) is 32.6 Å². The third-order valence-corrected chi connectivity index (χ3v) is 8.51. The number of aliphatic imine (C=N–C) groups is 1. The molecule has 1 atom stereocenters. The van der Waals surface area contributed by atoms with E-state index in [1.807, 2.05) is 36.4 Å². The summed E-state index contributed by atoms with van der Waals surface area (Å²) < 4.78 is 0. The van der Waals surface area contributed by atoms with Gasteiger partial charge in [0, 0.05) is 19.1 Å². The Morgan fingerprint density at radius 3 is 2.11 bits per heavy atom. The predicted molar refractivity (Wildman–Crippen MR) is 145 cm³/mol. The normalized spacial score (nSPS) is 16.5. The van der Waals surface area contributed by atoms with Gasteiger partial charge in [0.2, 0.25) is 17.7 Å². The van der Waals surface area contributed by atoms with Crippen molar-refractivity contribution in [3.05, 3.63) is 83.7 Å². The quantitative estimate of drug-likeness (QED) is 0.303. The highest BCUT2D eigenvalue weighted by Gasteiger charge is 2.30. The molecule has 0 bridgehead atoms. The van der Waals surface area contributed by atoms with Crippen LogP contribution in [0.3, 0.4) is 0 Å². The Morgan fingerprint density at radius 2 is 1.51 bits per heavy atom. The molecule has 37 heavy (non-hydrogen) atoms. The van der Waals surface area contributed by atoms with Gasteiger partial charge >= 0.3 is 0 Å². The van der Waals surface area contributed by atoms with Gasteiger partial charge in [-0.3, -0.25) is 29.6 Å². The van der Waals surface area contributed by atoms with E-state index in [9.17, 15) is 19.2 Å². The highest BCUT2D eigenvalue weighted by Crippen LogP contribution is 2.47. The van der Waals surface area contributed by atoms with Gasteiger partial charge in [-0.1, -0.05) is 72.8 Å². The van der Waals surface area contributed by atoms with Crippen molar-refractivity contribution >= 4 is 48.4 Å². The summed E-state index contributed by atoms with van der Waals surface area (Å²) in [6.07, 6.45) is 8.15. The molecule has 4 rings (SSSR count). The number of hydrazine groups is 1. The molecule has 2 aromatic carbocycles. The molecule has 1 heterocycles. The molecule has 1 aliphatic carbocycles. The summed E-state index contributed by atoms with van der Waals surface area (Å²) >= 11 is 0.